The van der Waals surface area contributed by atoms with E-state index in [9.17, 15) is 13.2 Å². The third-order valence-electron chi connectivity index (χ3n) is 5.65. The zero-order valence-corrected chi connectivity index (χ0v) is 19.6. The molecule has 1 amide bonds. The van der Waals surface area contributed by atoms with E-state index in [2.05, 4.69) is 19.2 Å². The summed E-state index contributed by atoms with van der Waals surface area (Å²) in [5.74, 6) is 0.537. The van der Waals surface area contributed by atoms with Crippen LogP contribution in [0.25, 0.3) is 0 Å². The average Bonchev–Trinajstić information content (AvgIpc) is 2.74. The van der Waals surface area contributed by atoms with Crippen molar-refractivity contribution in [2.45, 2.75) is 57.8 Å². The summed E-state index contributed by atoms with van der Waals surface area (Å²) in [4.78, 5) is 12.8. The van der Waals surface area contributed by atoms with E-state index < -0.39 is 10.0 Å². The van der Waals surface area contributed by atoms with Crippen LogP contribution in [-0.4, -0.2) is 38.3 Å². The molecule has 1 heterocycles. The first-order valence-corrected chi connectivity index (χ1v) is 12.3. The van der Waals surface area contributed by atoms with Crippen molar-refractivity contribution in [2.75, 3.05) is 25.0 Å². The Bertz CT molecular complexity index is 1040. The molecular formula is C24H32N2O4S. The molecule has 2 aromatic rings. The van der Waals surface area contributed by atoms with Gasteiger partial charge in [-0.25, -0.2) is 8.42 Å². The summed E-state index contributed by atoms with van der Waals surface area (Å²) >= 11 is 0. The fraction of sp³-hybridized carbons (Fsp3) is 0.458. The van der Waals surface area contributed by atoms with Crippen LogP contribution in [-0.2, 0) is 14.8 Å². The molecule has 7 heteroatoms. The molecule has 1 N–H and O–H groups in total. The molecule has 1 fully saturated rings. The first kappa shape index (κ1) is 23.3. The molecule has 31 heavy (non-hydrogen) atoms. The number of hydrogen-bond donors (Lipinski definition) is 1. The number of piperidine rings is 1. The number of anilines is 1. The van der Waals surface area contributed by atoms with Crippen LogP contribution in [0, 0.1) is 13.8 Å². The van der Waals surface area contributed by atoms with Crippen LogP contribution in [0.2, 0.25) is 0 Å². The Morgan fingerprint density at radius 2 is 1.77 bits per heavy atom. The van der Waals surface area contributed by atoms with Crippen molar-refractivity contribution in [1.82, 2.24) is 4.31 Å². The van der Waals surface area contributed by atoms with Crippen LogP contribution in [0.4, 0.5) is 5.69 Å². The zero-order chi connectivity index (χ0) is 22.6. The van der Waals surface area contributed by atoms with Crippen LogP contribution >= 0.6 is 0 Å². The molecular weight excluding hydrogens is 412 g/mol. The highest BCUT2D eigenvalue weighted by Gasteiger charge is 2.26. The van der Waals surface area contributed by atoms with Gasteiger partial charge in [-0.15, -0.1) is 0 Å². The molecule has 1 saturated heterocycles. The lowest BCUT2D eigenvalue weighted by Gasteiger charge is -2.26. The average molecular weight is 445 g/mol. The van der Waals surface area contributed by atoms with Crippen molar-refractivity contribution in [2.24, 2.45) is 0 Å². The van der Waals surface area contributed by atoms with Gasteiger partial charge < -0.3 is 10.1 Å². The maximum Gasteiger partial charge on any atom is 0.262 e. The summed E-state index contributed by atoms with van der Waals surface area (Å²) < 4.78 is 33.0. The third kappa shape index (κ3) is 5.46. The van der Waals surface area contributed by atoms with E-state index in [-0.39, 0.29) is 23.3 Å². The molecule has 0 saturated carbocycles. The summed E-state index contributed by atoms with van der Waals surface area (Å²) in [6.07, 6.45) is 2.86. The lowest BCUT2D eigenvalue weighted by molar-refractivity contribution is -0.118. The molecule has 1 aliphatic heterocycles. The largest absolute Gasteiger partial charge is 0.483 e. The summed E-state index contributed by atoms with van der Waals surface area (Å²) in [6, 6.07) is 10.8. The number of hydrogen-bond acceptors (Lipinski definition) is 4. The number of rotatable bonds is 7. The predicted molar refractivity (Wildman–Crippen MR) is 123 cm³/mol. The number of nitrogens with zero attached hydrogens (tertiary/aromatic N) is 1. The van der Waals surface area contributed by atoms with Crippen molar-refractivity contribution >= 4 is 21.6 Å². The van der Waals surface area contributed by atoms with Gasteiger partial charge in [-0.05, 0) is 67.5 Å². The number of carbonyl (C=O) groups excluding carboxylic acids is 1. The van der Waals surface area contributed by atoms with Crippen LogP contribution in [0.15, 0.2) is 41.3 Å². The molecule has 0 bridgehead atoms. The van der Waals surface area contributed by atoms with E-state index >= 15 is 0 Å². The number of benzene rings is 2. The van der Waals surface area contributed by atoms with Crippen LogP contribution in [0.1, 0.15) is 55.7 Å². The number of amides is 1. The van der Waals surface area contributed by atoms with Crippen molar-refractivity contribution < 1.29 is 17.9 Å². The topological polar surface area (TPSA) is 75.7 Å². The summed E-state index contributed by atoms with van der Waals surface area (Å²) in [6.45, 7) is 8.92. The number of para-hydroxylation sites is 1. The molecule has 0 aliphatic carbocycles. The molecule has 0 unspecified atom stereocenters. The summed E-state index contributed by atoms with van der Waals surface area (Å²) in [5.41, 5.74) is 3.59. The standard InChI is InChI=1S/C24H32N2O4S/c1-17(2)21-10-8-9-18(3)24(21)25-23(27)16-30-22-12-11-20(15-19(22)4)31(28,29)26-13-6-5-7-14-26/h8-12,15,17H,5-7,13-14,16H2,1-4H3,(H,25,27). The molecule has 0 spiro atoms. The van der Waals surface area contributed by atoms with Crippen molar-refractivity contribution in [1.29, 1.82) is 0 Å². The first-order valence-electron chi connectivity index (χ1n) is 10.8. The molecule has 2 aromatic carbocycles. The smallest absolute Gasteiger partial charge is 0.262 e. The van der Waals surface area contributed by atoms with Gasteiger partial charge in [0.1, 0.15) is 5.75 Å². The van der Waals surface area contributed by atoms with Gasteiger partial charge >= 0.3 is 0 Å². The number of sulfonamides is 1. The number of ether oxygens (including phenoxy) is 1. The molecule has 168 valence electrons. The van der Waals surface area contributed by atoms with E-state index in [0.29, 0.717) is 24.4 Å². The number of nitrogens with one attached hydrogen (secondary N) is 1. The van der Waals surface area contributed by atoms with E-state index in [0.717, 1.165) is 36.1 Å². The van der Waals surface area contributed by atoms with E-state index in [1.165, 1.54) is 0 Å². The van der Waals surface area contributed by atoms with Gasteiger partial charge in [-0.2, -0.15) is 4.31 Å². The minimum Gasteiger partial charge on any atom is -0.483 e. The monoisotopic (exact) mass is 444 g/mol. The van der Waals surface area contributed by atoms with Gasteiger partial charge in [0.05, 0.1) is 4.90 Å². The SMILES string of the molecule is Cc1cc(S(=O)(=O)N2CCCCC2)ccc1OCC(=O)Nc1c(C)cccc1C(C)C. The van der Waals surface area contributed by atoms with Crippen molar-refractivity contribution in [3.63, 3.8) is 0 Å². The Hall–Kier alpha value is -2.38. The van der Waals surface area contributed by atoms with Gasteiger partial charge in [-0.1, -0.05) is 38.5 Å². The Morgan fingerprint density at radius 3 is 2.42 bits per heavy atom. The highest BCUT2D eigenvalue weighted by Crippen LogP contribution is 2.28. The number of aryl methyl sites for hydroxylation is 2. The first-order chi connectivity index (χ1) is 14.7. The Kier molecular flexibility index (Phi) is 7.38. The molecule has 0 radical (unpaired) electrons. The van der Waals surface area contributed by atoms with Gasteiger partial charge in [0.15, 0.2) is 6.61 Å². The lowest BCUT2D eigenvalue weighted by atomic mass is 9.98. The minimum atomic E-state index is -3.49. The second-order valence-electron chi connectivity index (χ2n) is 8.42. The van der Waals surface area contributed by atoms with E-state index in [1.807, 2.05) is 25.1 Å². The molecule has 3 rings (SSSR count). The molecule has 1 aliphatic rings. The second-order valence-corrected chi connectivity index (χ2v) is 10.4. The van der Waals surface area contributed by atoms with E-state index in [4.69, 9.17) is 4.74 Å². The Labute approximate surface area is 185 Å². The van der Waals surface area contributed by atoms with E-state index in [1.54, 1.807) is 29.4 Å². The predicted octanol–water partition coefficient (Wildman–Crippen LogP) is 4.62. The van der Waals surface area contributed by atoms with Gasteiger partial charge in [0.25, 0.3) is 5.91 Å². The maximum atomic E-state index is 12.9. The summed E-state index contributed by atoms with van der Waals surface area (Å²) in [5, 5.41) is 2.96. The fourth-order valence-electron chi connectivity index (χ4n) is 3.86. The van der Waals surface area contributed by atoms with Crippen LogP contribution in [0.3, 0.4) is 0 Å². The second kappa shape index (κ2) is 9.83. The third-order valence-corrected chi connectivity index (χ3v) is 7.54. The van der Waals surface area contributed by atoms with Crippen molar-refractivity contribution in [3.8, 4) is 5.75 Å². The van der Waals surface area contributed by atoms with Crippen LogP contribution < -0.4 is 10.1 Å². The molecule has 0 atom stereocenters. The number of carbonyl (C=O) groups is 1. The maximum absolute atomic E-state index is 12.9. The summed E-state index contributed by atoms with van der Waals surface area (Å²) in [7, 11) is -3.49. The Balaban J connectivity index is 1.67. The van der Waals surface area contributed by atoms with Gasteiger partial charge in [0.2, 0.25) is 10.0 Å². The highest BCUT2D eigenvalue weighted by atomic mass is 32.2. The van der Waals surface area contributed by atoms with Gasteiger partial charge in [0, 0.05) is 18.8 Å². The normalized spacial score (nSPS) is 15.1. The minimum absolute atomic E-state index is 0.148. The molecule has 0 aromatic heterocycles. The van der Waals surface area contributed by atoms with Crippen molar-refractivity contribution in [3.05, 3.63) is 53.1 Å². The quantitative estimate of drug-likeness (QED) is 0.676. The van der Waals surface area contributed by atoms with Crippen LogP contribution in [0.5, 0.6) is 5.75 Å². The zero-order valence-electron chi connectivity index (χ0n) is 18.8. The highest BCUT2D eigenvalue weighted by molar-refractivity contribution is 7.89. The Morgan fingerprint density at radius 1 is 1.06 bits per heavy atom. The molecule has 6 nitrogen and oxygen atoms in total. The fourth-order valence-corrected chi connectivity index (χ4v) is 5.46. The lowest BCUT2D eigenvalue weighted by Crippen LogP contribution is -2.35. The van der Waals surface area contributed by atoms with Gasteiger partial charge in [-0.3, -0.25) is 4.79 Å².